The molecule has 0 radical (unpaired) electrons. The molecule has 0 saturated heterocycles. The summed E-state index contributed by atoms with van der Waals surface area (Å²) in [5.41, 5.74) is 4.06. The summed E-state index contributed by atoms with van der Waals surface area (Å²) >= 11 is 0. The number of amides is 1. The minimum absolute atomic E-state index is 0.00689. The Balaban J connectivity index is 2.26. The van der Waals surface area contributed by atoms with Crippen molar-refractivity contribution >= 4 is 11.6 Å². The number of carbonyl (C=O) groups excluding carboxylic acids is 1. The van der Waals surface area contributed by atoms with Crippen LogP contribution in [0, 0.1) is 0 Å². The van der Waals surface area contributed by atoms with Crippen LogP contribution < -0.4 is 11.1 Å². The van der Waals surface area contributed by atoms with Crippen molar-refractivity contribution < 1.29 is 19.4 Å². The monoisotopic (exact) mass is 353 g/mol. The first-order valence-electron chi connectivity index (χ1n) is 8.62. The number of aromatic nitrogens is 1. The molecule has 0 spiro atoms. The highest BCUT2D eigenvalue weighted by atomic mass is 19.1. The third-order valence-corrected chi connectivity index (χ3v) is 4.73. The van der Waals surface area contributed by atoms with E-state index < -0.39 is 23.3 Å². The molecule has 0 aliphatic heterocycles. The topological polar surface area (TPSA) is 108 Å². The van der Waals surface area contributed by atoms with E-state index in [4.69, 9.17) is 5.73 Å². The van der Waals surface area contributed by atoms with Crippen molar-refractivity contribution in [2.24, 2.45) is 5.73 Å². The molecule has 0 aromatic carbocycles. The minimum atomic E-state index is -1.58. The Morgan fingerprint density at radius 1 is 1.60 bits per heavy atom. The van der Waals surface area contributed by atoms with Gasteiger partial charge in [0, 0.05) is 18.7 Å². The molecular formula is C18H28FN3O3. The molecule has 7 heteroatoms. The largest absolute Gasteiger partial charge is 0.390 e. The average molecular weight is 353 g/mol. The lowest BCUT2D eigenvalue weighted by Crippen LogP contribution is -2.38. The van der Waals surface area contributed by atoms with Crippen LogP contribution in [0.25, 0.3) is 0 Å². The van der Waals surface area contributed by atoms with Crippen molar-refractivity contribution in [2.75, 3.05) is 5.32 Å². The van der Waals surface area contributed by atoms with Gasteiger partial charge >= 0.3 is 0 Å². The van der Waals surface area contributed by atoms with Crippen LogP contribution >= 0.6 is 0 Å². The molecule has 1 saturated carbocycles. The Morgan fingerprint density at radius 2 is 2.28 bits per heavy atom. The van der Waals surface area contributed by atoms with Gasteiger partial charge in [-0.25, -0.2) is 4.39 Å². The molecule has 1 aliphatic rings. The Bertz CT molecular complexity index is 628. The standard InChI is InChI=1S/C18H28FN3O3/c1-17(2,24)14(19)9-13-15(16(20)23)12(6-8-21-13)22-11-5-4-7-18(3,25)10-11/h6,8,11,14,24-25H,4-5,7,9-10H2,1-3H3,(H2,20,23)(H,21,22)/t11-,14+,18?/m0/s1. The lowest BCUT2D eigenvalue weighted by molar-refractivity contribution is -0.00308. The van der Waals surface area contributed by atoms with Crippen LogP contribution in [0.3, 0.4) is 0 Å². The van der Waals surface area contributed by atoms with E-state index in [0.717, 1.165) is 19.3 Å². The molecule has 1 aromatic rings. The van der Waals surface area contributed by atoms with E-state index in [-0.39, 0.29) is 23.7 Å². The first-order valence-corrected chi connectivity index (χ1v) is 8.62. The number of primary amides is 1. The molecule has 6 nitrogen and oxygen atoms in total. The van der Waals surface area contributed by atoms with Crippen molar-refractivity contribution in [2.45, 2.75) is 76.3 Å². The Kier molecular flexibility index (Phi) is 5.68. The summed E-state index contributed by atoms with van der Waals surface area (Å²) in [6, 6.07) is 1.62. The number of aliphatic hydroxyl groups is 2. The lowest BCUT2D eigenvalue weighted by Gasteiger charge is -2.35. The van der Waals surface area contributed by atoms with Gasteiger partial charge in [0.15, 0.2) is 0 Å². The number of nitrogens with zero attached hydrogens (tertiary/aromatic N) is 1. The lowest BCUT2D eigenvalue weighted by atomic mass is 9.83. The fraction of sp³-hybridized carbons (Fsp3) is 0.667. The second kappa shape index (κ2) is 7.25. The van der Waals surface area contributed by atoms with Gasteiger partial charge in [-0.1, -0.05) is 0 Å². The Morgan fingerprint density at radius 3 is 2.84 bits per heavy atom. The summed E-state index contributed by atoms with van der Waals surface area (Å²) in [7, 11) is 0. The fourth-order valence-electron chi connectivity index (χ4n) is 3.28. The Hall–Kier alpha value is -1.73. The van der Waals surface area contributed by atoms with Crippen LogP contribution in [0.1, 0.15) is 62.5 Å². The number of nitrogens with two attached hydrogens (primary N) is 1. The summed E-state index contributed by atoms with van der Waals surface area (Å²) in [5, 5.41) is 23.3. The van der Waals surface area contributed by atoms with Gasteiger partial charge in [-0.3, -0.25) is 9.78 Å². The van der Waals surface area contributed by atoms with Gasteiger partial charge in [0.1, 0.15) is 6.17 Å². The fourth-order valence-corrected chi connectivity index (χ4v) is 3.28. The molecule has 1 unspecified atom stereocenters. The zero-order valence-electron chi connectivity index (χ0n) is 15.1. The molecule has 1 aromatic heterocycles. The smallest absolute Gasteiger partial charge is 0.252 e. The van der Waals surface area contributed by atoms with E-state index in [1.54, 1.807) is 13.0 Å². The molecule has 25 heavy (non-hydrogen) atoms. The number of anilines is 1. The highest BCUT2D eigenvalue weighted by Gasteiger charge is 2.32. The zero-order valence-corrected chi connectivity index (χ0v) is 15.1. The van der Waals surface area contributed by atoms with Gasteiger partial charge in [0.05, 0.1) is 28.1 Å². The summed E-state index contributed by atoms with van der Waals surface area (Å²) in [5.74, 6) is -0.698. The minimum Gasteiger partial charge on any atom is -0.390 e. The van der Waals surface area contributed by atoms with Gasteiger partial charge in [0.25, 0.3) is 5.91 Å². The maximum Gasteiger partial charge on any atom is 0.252 e. The van der Waals surface area contributed by atoms with Crippen LogP contribution in [-0.2, 0) is 6.42 Å². The maximum absolute atomic E-state index is 14.2. The van der Waals surface area contributed by atoms with Crippen LogP contribution in [-0.4, -0.2) is 44.5 Å². The van der Waals surface area contributed by atoms with E-state index in [0.29, 0.717) is 12.1 Å². The summed E-state index contributed by atoms with van der Waals surface area (Å²) in [6.07, 6.45) is 2.73. The van der Waals surface area contributed by atoms with E-state index >= 15 is 0 Å². The number of carbonyl (C=O) groups is 1. The highest BCUT2D eigenvalue weighted by Crippen LogP contribution is 2.31. The first-order chi connectivity index (χ1) is 11.5. The van der Waals surface area contributed by atoms with Crippen LogP contribution in [0.5, 0.6) is 0 Å². The number of rotatable bonds is 6. The second-order valence-electron chi connectivity index (χ2n) is 7.80. The van der Waals surface area contributed by atoms with Gasteiger partial charge in [-0.05, 0) is 52.5 Å². The van der Waals surface area contributed by atoms with Crippen LogP contribution in [0.4, 0.5) is 10.1 Å². The van der Waals surface area contributed by atoms with Crippen molar-refractivity contribution in [3.05, 3.63) is 23.5 Å². The number of nitrogens with one attached hydrogen (secondary N) is 1. The molecule has 1 aliphatic carbocycles. The third-order valence-electron chi connectivity index (χ3n) is 4.73. The second-order valence-corrected chi connectivity index (χ2v) is 7.80. The first kappa shape index (κ1) is 19.6. The molecule has 2 rings (SSSR count). The number of hydrogen-bond donors (Lipinski definition) is 4. The van der Waals surface area contributed by atoms with Crippen molar-refractivity contribution in [3.63, 3.8) is 0 Å². The molecule has 1 fully saturated rings. The number of halogens is 1. The number of alkyl halides is 1. The summed E-state index contributed by atoms with van der Waals surface area (Å²) in [6.45, 7) is 4.53. The zero-order chi connectivity index (χ0) is 18.8. The van der Waals surface area contributed by atoms with Gasteiger partial charge in [-0.2, -0.15) is 0 Å². The van der Waals surface area contributed by atoms with Gasteiger partial charge in [0.2, 0.25) is 0 Å². The molecular weight excluding hydrogens is 325 g/mol. The predicted octanol–water partition coefficient (Wildman–Crippen LogP) is 1.94. The molecule has 1 heterocycles. The van der Waals surface area contributed by atoms with Gasteiger partial charge in [-0.15, -0.1) is 0 Å². The Labute approximate surface area is 147 Å². The third kappa shape index (κ3) is 5.12. The van der Waals surface area contributed by atoms with Crippen LogP contribution in [0.2, 0.25) is 0 Å². The normalized spacial score (nSPS) is 25.4. The van der Waals surface area contributed by atoms with Crippen molar-refractivity contribution in [1.29, 1.82) is 0 Å². The maximum atomic E-state index is 14.2. The molecule has 0 bridgehead atoms. The highest BCUT2D eigenvalue weighted by molar-refractivity contribution is 5.99. The van der Waals surface area contributed by atoms with Crippen molar-refractivity contribution in [1.82, 2.24) is 4.98 Å². The van der Waals surface area contributed by atoms with Crippen LogP contribution in [0.15, 0.2) is 12.3 Å². The SMILES string of the molecule is CC1(O)CCC[C@H](Nc2ccnc(C[C@@H](F)C(C)(C)O)c2C(N)=O)C1. The predicted molar refractivity (Wildman–Crippen MR) is 94.2 cm³/mol. The molecule has 1 amide bonds. The number of pyridine rings is 1. The molecule has 3 atom stereocenters. The van der Waals surface area contributed by atoms with E-state index in [1.807, 2.05) is 0 Å². The van der Waals surface area contributed by atoms with Crippen molar-refractivity contribution in [3.8, 4) is 0 Å². The van der Waals surface area contributed by atoms with E-state index in [2.05, 4.69) is 10.3 Å². The quantitative estimate of drug-likeness (QED) is 0.625. The van der Waals surface area contributed by atoms with E-state index in [1.165, 1.54) is 20.0 Å². The average Bonchev–Trinajstić information content (AvgIpc) is 2.45. The van der Waals surface area contributed by atoms with Gasteiger partial charge < -0.3 is 21.3 Å². The summed E-state index contributed by atoms with van der Waals surface area (Å²) in [4.78, 5) is 16.0. The molecule has 5 N–H and O–H groups in total. The van der Waals surface area contributed by atoms with E-state index in [9.17, 15) is 19.4 Å². The molecule has 140 valence electrons. The number of hydrogen-bond acceptors (Lipinski definition) is 5. The summed E-state index contributed by atoms with van der Waals surface area (Å²) < 4.78 is 14.2.